The monoisotopic (exact) mass is 146 g/mol. The molecule has 0 aromatic carbocycles. The van der Waals surface area contributed by atoms with Crippen molar-refractivity contribution in [3.05, 3.63) is 0 Å². The van der Waals surface area contributed by atoms with Crippen LogP contribution in [-0.2, 0) is 0 Å². The lowest BCUT2D eigenvalue weighted by Crippen LogP contribution is -2.22. The molecule has 0 aliphatic rings. The van der Waals surface area contributed by atoms with E-state index < -0.39 is 6.23 Å². The highest BCUT2D eigenvalue weighted by Gasteiger charge is 1.99. The maximum Gasteiger partial charge on any atom is 0.170 e. The number of amidine groups is 1. The number of nitrogens with zero attached hydrogens (tertiary/aromatic N) is 2. The summed E-state index contributed by atoms with van der Waals surface area (Å²) in [5.74, 6) is 0.696. The summed E-state index contributed by atoms with van der Waals surface area (Å²) in [5.41, 5.74) is 0. The van der Waals surface area contributed by atoms with E-state index in [4.69, 9.17) is 10.2 Å². The van der Waals surface area contributed by atoms with E-state index >= 15 is 0 Å². The van der Waals surface area contributed by atoms with Gasteiger partial charge in [0.2, 0.25) is 0 Å². The Morgan fingerprint density at radius 1 is 1.60 bits per heavy atom. The zero-order chi connectivity index (χ0) is 8.15. The molecular weight excluding hydrogens is 132 g/mol. The fourth-order valence-electron chi connectivity index (χ4n) is 0.372. The van der Waals surface area contributed by atoms with Crippen molar-refractivity contribution in [2.75, 3.05) is 20.7 Å². The van der Waals surface area contributed by atoms with Crippen LogP contribution in [0.5, 0.6) is 0 Å². The molecule has 4 nitrogen and oxygen atoms in total. The minimum absolute atomic E-state index is 0.328. The summed E-state index contributed by atoms with van der Waals surface area (Å²) in [6.45, 7) is 1.43. The average Bonchev–Trinajstić information content (AvgIpc) is 1.87. The Morgan fingerprint density at radius 3 is 2.40 bits per heavy atom. The smallest absolute Gasteiger partial charge is 0.170 e. The van der Waals surface area contributed by atoms with Gasteiger partial charge in [-0.25, -0.2) is 4.99 Å². The molecular formula is C6H14N2O2. The summed E-state index contributed by atoms with van der Waals surface area (Å²) in [6.07, 6.45) is -0.984. The van der Waals surface area contributed by atoms with Gasteiger partial charge in [0.15, 0.2) is 6.23 Å². The average molecular weight is 146 g/mol. The molecule has 0 heterocycles. The highest BCUT2D eigenvalue weighted by atomic mass is 16.3. The van der Waals surface area contributed by atoms with Crippen molar-refractivity contribution in [1.82, 2.24) is 4.90 Å². The van der Waals surface area contributed by atoms with Crippen LogP contribution in [0.4, 0.5) is 0 Å². The van der Waals surface area contributed by atoms with Gasteiger partial charge in [0.05, 0.1) is 12.4 Å². The van der Waals surface area contributed by atoms with Gasteiger partial charge in [-0.1, -0.05) is 0 Å². The molecule has 0 spiro atoms. The van der Waals surface area contributed by atoms with Crippen molar-refractivity contribution in [3.63, 3.8) is 0 Å². The van der Waals surface area contributed by atoms with Gasteiger partial charge < -0.3 is 15.1 Å². The molecule has 0 bridgehead atoms. The van der Waals surface area contributed by atoms with Crippen LogP contribution >= 0.6 is 0 Å². The second-order valence-corrected chi connectivity index (χ2v) is 2.23. The fourth-order valence-corrected chi connectivity index (χ4v) is 0.372. The molecule has 4 heteroatoms. The molecule has 0 saturated heterocycles. The van der Waals surface area contributed by atoms with Crippen LogP contribution < -0.4 is 0 Å². The zero-order valence-corrected chi connectivity index (χ0v) is 6.57. The van der Waals surface area contributed by atoms with Gasteiger partial charge in [0.1, 0.15) is 0 Å². The first-order chi connectivity index (χ1) is 4.57. The van der Waals surface area contributed by atoms with E-state index in [0.29, 0.717) is 5.84 Å². The van der Waals surface area contributed by atoms with Gasteiger partial charge in [-0.05, 0) is 6.92 Å². The third-order valence-electron chi connectivity index (χ3n) is 1.15. The molecule has 0 aromatic rings. The predicted octanol–water partition coefficient (Wildman–Crippen LogP) is -0.723. The minimum atomic E-state index is -0.984. The Kier molecular flexibility index (Phi) is 3.99. The van der Waals surface area contributed by atoms with E-state index in [1.165, 1.54) is 0 Å². The summed E-state index contributed by atoms with van der Waals surface area (Å²) >= 11 is 0. The van der Waals surface area contributed by atoms with E-state index in [9.17, 15) is 0 Å². The summed E-state index contributed by atoms with van der Waals surface area (Å²) < 4.78 is 0. The summed E-state index contributed by atoms with van der Waals surface area (Å²) in [4.78, 5) is 5.51. The maximum absolute atomic E-state index is 8.81. The Hall–Kier alpha value is -0.610. The Labute approximate surface area is 60.8 Å². The van der Waals surface area contributed by atoms with Gasteiger partial charge in [-0.2, -0.15) is 0 Å². The van der Waals surface area contributed by atoms with Gasteiger partial charge in [0, 0.05) is 14.1 Å². The van der Waals surface area contributed by atoms with Crippen LogP contribution in [-0.4, -0.2) is 47.9 Å². The molecule has 0 rings (SSSR count). The third kappa shape index (κ3) is 3.42. The molecule has 0 aromatic heterocycles. The van der Waals surface area contributed by atoms with Gasteiger partial charge in [-0.3, -0.25) is 0 Å². The normalized spacial score (nSPS) is 15.1. The highest BCUT2D eigenvalue weighted by molar-refractivity contribution is 5.79. The maximum atomic E-state index is 8.81. The molecule has 0 aliphatic carbocycles. The minimum Gasteiger partial charge on any atom is -0.392 e. The summed E-state index contributed by atoms with van der Waals surface area (Å²) in [6, 6.07) is 0. The number of rotatable bonds is 2. The van der Waals surface area contributed by atoms with Crippen molar-refractivity contribution in [1.29, 1.82) is 0 Å². The lowest BCUT2D eigenvalue weighted by atomic mass is 10.5. The summed E-state index contributed by atoms with van der Waals surface area (Å²) in [7, 11) is 3.64. The van der Waals surface area contributed by atoms with E-state index in [1.54, 1.807) is 11.8 Å². The lowest BCUT2D eigenvalue weighted by Gasteiger charge is -2.12. The first-order valence-electron chi connectivity index (χ1n) is 3.08. The first kappa shape index (κ1) is 9.39. The van der Waals surface area contributed by atoms with Crippen molar-refractivity contribution < 1.29 is 10.2 Å². The molecule has 2 N–H and O–H groups in total. The van der Waals surface area contributed by atoms with E-state index in [1.807, 2.05) is 14.1 Å². The zero-order valence-electron chi connectivity index (χ0n) is 6.57. The Morgan fingerprint density at radius 2 is 2.10 bits per heavy atom. The topological polar surface area (TPSA) is 56.1 Å². The predicted molar refractivity (Wildman–Crippen MR) is 39.9 cm³/mol. The van der Waals surface area contributed by atoms with Crippen molar-refractivity contribution in [2.45, 2.75) is 13.2 Å². The lowest BCUT2D eigenvalue weighted by molar-refractivity contribution is 0.101. The van der Waals surface area contributed by atoms with Crippen LogP contribution in [0.1, 0.15) is 6.92 Å². The third-order valence-corrected chi connectivity index (χ3v) is 1.15. The second kappa shape index (κ2) is 4.24. The molecule has 0 amide bonds. The van der Waals surface area contributed by atoms with Crippen LogP contribution in [0.15, 0.2) is 4.99 Å². The SMILES string of the molecule is C/C(=N\[C@H](O)CO)N(C)C. The molecule has 1 atom stereocenters. The first-order valence-corrected chi connectivity index (χ1v) is 3.08. The molecule has 0 aliphatic heterocycles. The molecule has 0 fully saturated rings. The molecule has 10 heavy (non-hydrogen) atoms. The van der Waals surface area contributed by atoms with Crippen LogP contribution in [0.25, 0.3) is 0 Å². The molecule has 0 radical (unpaired) electrons. The molecule has 0 saturated carbocycles. The number of aliphatic hydroxyl groups is 2. The largest absolute Gasteiger partial charge is 0.392 e. The van der Waals surface area contributed by atoms with Crippen molar-refractivity contribution >= 4 is 5.84 Å². The van der Waals surface area contributed by atoms with E-state index in [2.05, 4.69) is 4.99 Å². The standard InChI is InChI=1S/C6H14N2O2/c1-5(8(2)3)7-6(10)4-9/h6,9-10H,4H2,1-3H3/b7-5+/t6-/m1/s1. The molecule has 60 valence electrons. The Balaban J connectivity index is 3.89. The van der Waals surface area contributed by atoms with Crippen LogP contribution in [0.2, 0.25) is 0 Å². The number of hydrogen-bond acceptors (Lipinski definition) is 3. The van der Waals surface area contributed by atoms with Crippen LogP contribution in [0.3, 0.4) is 0 Å². The van der Waals surface area contributed by atoms with Crippen molar-refractivity contribution in [2.24, 2.45) is 4.99 Å². The van der Waals surface area contributed by atoms with E-state index in [-0.39, 0.29) is 6.61 Å². The van der Waals surface area contributed by atoms with E-state index in [0.717, 1.165) is 0 Å². The number of aliphatic imine (C=N–C) groups is 1. The highest BCUT2D eigenvalue weighted by Crippen LogP contribution is 1.87. The second-order valence-electron chi connectivity index (χ2n) is 2.23. The van der Waals surface area contributed by atoms with Crippen molar-refractivity contribution in [3.8, 4) is 0 Å². The number of aliphatic hydroxyl groups excluding tert-OH is 2. The quantitative estimate of drug-likeness (QED) is 0.399. The fraction of sp³-hybridized carbons (Fsp3) is 0.833. The molecule has 0 unspecified atom stereocenters. The van der Waals surface area contributed by atoms with Gasteiger partial charge >= 0.3 is 0 Å². The Bertz CT molecular complexity index is 123. The number of hydrogen-bond donors (Lipinski definition) is 2. The van der Waals surface area contributed by atoms with Gasteiger partial charge in [-0.15, -0.1) is 0 Å². The van der Waals surface area contributed by atoms with Gasteiger partial charge in [0.25, 0.3) is 0 Å². The van der Waals surface area contributed by atoms with Crippen LogP contribution in [0, 0.1) is 0 Å². The summed E-state index contributed by atoms with van der Waals surface area (Å²) in [5, 5.41) is 17.2.